The molecular formula is C17H10Cl2F3N5S. The van der Waals surface area contributed by atoms with Gasteiger partial charge in [-0.3, -0.25) is 0 Å². The van der Waals surface area contributed by atoms with Gasteiger partial charge in [-0.2, -0.15) is 28.2 Å². The van der Waals surface area contributed by atoms with Crippen LogP contribution in [0, 0.1) is 0 Å². The summed E-state index contributed by atoms with van der Waals surface area (Å²) in [6, 6.07) is 7.81. The van der Waals surface area contributed by atoms with Crippen LogP contribution in [0.1, 0.15) is 10.4 Å². The van der Waals surface area contributed by atoms with Crippen LogP contribution in [0.25, 0.3) is 16.2 Å². The van der Waals surface area contributed by atoms with Gasteiger partial charge in [-0.1, -0.05) is 29.3 Å². The summed E-state index contributed by atoms with van der Waals surface area (Å²) in [5.41, 5.74) is 0.799. The van der Waals surface area contributed by atoms with Gasteiger partial charge in [0.25, 0.3) is 5.95 Å². The maximum atomic E-state index is 13.2. The van der Waals surface area contributed by atoms with Gasteiger partial charge in [0.15, 0.2) is 0 Å². The van der Waals surface area contributed by atoms with Gasteiger partial charge in [-0.15, -0.1) is 11.3 Å². The van der Waals surface area contributed by atoms with Crippen molar-refractivity contribution in [1.82, 2.24) is 19.7 Å². The maximum absolute atomic E-state index is 13.2. The van der Waals surface area contributed by atoms with Crippen molar-refractivity contribution in [2.45, 2.75) is 12.7 Å². The van der Waals surface area contributed by atoms with E-state index in [1.807, 2.05) is 0 Å². The minimum absolute atomic E-state index is 0.171. The van der Waals surface area contributed by atoms with Gasteiger partial charge < -0.3 is 5.32 Å². The fourth-order valence-corrected chi connectivity index (χ4v) is 3.72. The lowest BCUT2D eigenvalue weighted by molar-refractivity contribution is -0.134. The molecule has 0 fully saturated rings. The minimum Gasteiger partial charge on any atom is -0.365 e. The smallest absolute Gasteiger partial charge is 0.365 e. The highest BCUT2D eigenvalue weighted by atomic mass is 35.5. The van der Waals surface area contributed by atoms with Crippen molar-refractivity contribution in [3.05, 3.63) is 63.2 Å². The monoisotopic (exact) mass is 443 g/mol. The first-order chi connectivity index (χ1) is 13.3. The molecule has 0 bridgehead atoms. The van der Waals surface area contributed by atoms with E-state index in [0.29, 0.717) is 27.9 Å². The van der Waals surface area contributed by atoms with Crippen LogP contribution in [0.3, 0.4) is 0 Å². The van der Waals surface area contributed by atoms with Crippen LogP contribution in [-0.4, -0.2) is 19.7 Å². The Morgan fingerprint density at radius 3 is 2.61 bits per heavy atom. The molecule has 1 aromatic carbocycles. The van der Waals surface area contributed by atoms with E-state index in [0.717, 1.165) is 11.6 Å². The molecule has 4 rings (SSSR count). The number of anilines is 1. The molecule has 11 heteroatoms. The summed E-state index contributed by atoms with van der Waals surface area (Å²) >= 11 is 12.5. The third kappa shape index (κ3) is 3.78. The molecule has 0 aliphatic rings. The molecule has 0 spiro atoms. The van der Waals surface area contributed by atoms with Crippen molar-refractivity contribution in [3.63, 3.8) is 0 Å². The maximum Gasteiger partial charge on any atom is 0.425 e. The molecule has 0 saturated heterocycles. The van der Waals surface area contributed by atoms with Gasteiger partial charge >= 0.3 is 6.18 Å². The highest BCUT2D eigenvalue weighted by Crippen LogP contribution is 2.39. The first-order valence-corrected chi connectivity index (χ1v) is 9.45. The molecule has 5 nitrogen and oxygen atoms in total. The quantitative estimate of drug-likeness (QED) is 0.432. The van der Waals surface area contributed by atoms with E-state index < -0.39 is 11.1 Å². The van der Waals surface area contributed by atoms with Crippen molar-refractivity contribution < 1.29 is 13.2 Å². The zero-order valence-electron chi connectivity index (χ0n) is 13.8. The summed E-state index contributed by atoms with van der Waals surface area (Å²) in [7, 11) is 0. The topological polar surface area (TPSA) is 55.6 Å². The Kier molecular flexibility index (Phi) is 4.90. The fourth-order valence-electron chi connectivity index (χ4n) is 2.51. The van der Waals surface area contributed by atoms with Crippen molar-refractivity contribution in [2.75, 3.05) is 5.32 Å². The van der Waals surface area contributed by atoms with E-state index in [9.17, 15) is 13.2 Å². The van der Waals surface area contributed by atoms with E-state index in [1.165, 1.54) is 10.9 Å². The Morgan fingerprint density at radius 1 is 1.11 bits per heavy atom. The Bertz CT molecular complexity index is 1140. The summed E-state index contributed by atoms with van der Waals surface area (Å²) in [5, 5.41) is 8.20. The first-order valence-electron chi connectivity index (χ1n) is 7.88. The van der Waals surface area contributed by atoms with Gasteiger partial charge in [0.05, 0.1) is 15.4 Å². The van der Waals surface area contributed by atoms with Crippen LogP contribution in [0.4, 0.5) is 19.0 Å². The molecule has 3 aromatic heterocycles. The van der Waals surface area contributed by atoms with E-state index in [1.54, 1.807) is 30.5 Å². The standard InChI is InChI=1S/C17H10Cl2F3N5S/c18-11-3-2-9(6-12(11)19)8-23-14-10-7-13(17(20,21)22)28-15(10)26-16(25-14)27-5-1-4-24-27/h1-7H,8H2,(H,23,25,26). The number of thiophene rings is 1. The molecule has 0 amide bonds. The second kappa shape index (κ2) is 7.23. The second-order valence-corrected chi connectivity index (χ2v) is 7.60. The molecule has 28 heavy (non-hydrogen) atoms. The Morgan fingerprint density at radius 2 is 1.93 bits per heavy atom. The number of halogens is 5. The van der Waals surface area contributed by atoms with Crippen molar-refractivity contribution in [1.29, 1.82) is 0 Å². The zero-order valence-corrected chi connectivity index (χ0v) is 16.2. The van der Waals surface area contributed by atoms with Crippen LogP contribution < -0.4 is 5.32 Å². The number of alkyl halides is 3. The third-order valence-electron chi connectivity index (χ3n) is 3.81. The predicted octanol–water partition coefficient (Wildman–Crippen LogP) is 5.81. The molecule has 0 radical (unpaired) electrons. The molecule has 144 valence electrons. The van der Waals surface area contributed by atoms with Crippen molar-refractivity contribution >= 4 is 50.6 Å². The lowest BCUT2D eigenvalue weighted by Crippen LogP contribution is -2.07. The average molecular weight is 444 g/mol. The Labute approximate surface area is 170 Å². The molecule has 0 atom stereocenters. The summed E-state index contributed by atoms with van der Waals surface area (Å²) < 4.78 is 40.9. The predicted molar refractivity (Wildman–Crippen MR) is 103 cm³/mol. The van der Waals surface area contributed by atoms with E-state index in [4.69, 9.17) is 23.2 Å². The summed E-state index contributed by atoms with van der Waals surface area (Å²) in [6.07, 6.45) is -1.31. The van der Waals surface area contributed by atoms with Crippen LogP contribution in [-0.2, 0) is 12.7 Å². The average Bonchev–Trinajstić information content (AvgIpc) is 3.31. The number of fused-ring (bicyclic) bond motifs is 1. The van der Waals surface area contributed by atoms with Crippen LogP contribution in [0.5, 0.6) is 0 Å². The van der Waals surface area contributed by atoms with E-state index in [2.05, 4.69) is 20.4 Å². The number of nitrogens with one attached hydrogen (secondary N) is 1. The van der Waals surface area contributed by atoms with E-state index in [-0.39, 0.29) is 22.0 Å². The number of rotatable bonds is 4. The van der Waals surface area contributed by atoms with Gasteiger partial charge in [0, 0.05) is 18.9 Å². The van der Waals surface area contributed by atoms with Gasteiger partial charge in [0.1, 0.15) is 15.5 Å². The number of aromatic nitrogens is 4. The molecular weight excluding hydrogens is 434 g/mol. The molecule has 0 aliphatic carbocycles. The molecule has 1 N–H and O–H groups in total. The van der Waals surface area contributed by atoms with Crippen LogP contribution in [0.15, 0.2) is 42.7 Å². The van der Waals surface area contributed by atoms with Gasteiger partial charge in [-0.25, -0.2) is 4.68 Å². The number of hydrogen-bond donors (Lipinski definition) is 1. The Hall–Kier alpha value is -2.36. The fraction of sp³-hybridized carbons (Fsp3) is 0.118. The molecule has 3 heterocycles. The molecule has 4 aromatic rings. The second-order valence-electron chi connectivity index (χ2n) is 5.75. The highest BCUT2D eigenvalue weighted by molar-refractivity contribution is 7.18. The molecule has 0 aliphatic heterocycles. The minimum atomic E-state index is -4.46. The van der Waals surface area contributed by atoms with Gasteiger partial charge in [0.2, 0.25) is 0 Å². The summed E-state index contributed by atoms with van der Waals surface area (Å²) in [5.74, 6) is 0.443. The van der Waals surface area contributed by atoms with Crippen LogP contribution >= 0.6 is 34.5 Å². The van der Waals surface area contributed by atoms with Crippen molar-refractivity contribution in [2.24, 2.45) is 0 Å². The van der Waals surface area contributed by atoms with Crippen LogP contribution in [0.2, 0.25) is 10.0 Å². The first kappa shape index (κ1) is 19.0. The number of hydrogen-bond acceptors (Lipinski definition) is 5. The largest absolute Gasteiger partial charge is 0.425 e. The highest BCUT2D eigenvalue weighted by Gasteiger charge is 2.33. The lowest BCUT2D eigenvalue weighted by Gasteiger charge is -2.09. The Balaban J connectivity index is 1.75. The zero-order chi connectivity index (χ0) is 19.9. The normalized spacial score (nSPS) is 11.9. The van der Waals surface area contributed by atoms with E-state index >= 15 is 0 Å². The number of benzene rings is 1. The SMILES string of the molecule is FC(F)(F)c1cc2c(NCc3ccc(Cl)c(Cl)c3)nc(-n3cccn3)nc2s1. The lowest BCUT2D eigenvalue weighted by atomic mass is 10.2. The molecule has 0 saturated carbocycles. The van der Waals surface area contributed by atoms with Gasteiger partial charge in [-0.05, 0) is 29.8 Å². The summed E-state index contributed by atoms with van der Waals surface area (Å²) in [4.78, 5) is 8.04. The molecule has 0 unspecified atom stereocenters. The number of nitrogens with zero attached hydrogens (tertiary/aromatic N) is 4. The van der Waals surface area contributed by atoms with Crippen molar-refractivity contribution in [3.8, 4) is 5.95 Å². The third-order valence-corrected chi connectivity index (χ3v) is 5.63. The summed E-state index contributed by atoms with van der Waals surface area (Å²) in [6.45, 7) is 0.290.